The fraction of sp³-hybridized carbons (Fsp3) is 0.700. The Labute approximate surface area is 220 Å². The minimum Gasteiger partial charge on any atom is -0.393 e. The van der Waals surface area contributed by atoms with Crippen LogP contribution in [0, 0.1) is 28.6 Å². The Hall–Kier alpha value is -2.09. The molecule has 1 heterocycles. The monoisotopic (exact) mass is 510 g/mol. The predicted molar refractivity (Wildman–Crippen MR) is 139 cm³/mol. The number of carbonyl (C=O) groups excluding carboxylic acids is 2. The topological polar surface area (TPSA) is 100.0 Å². The number of pyridine rings is 1. The number of aromatic nitrogens is 1. The summed E-state index contributed by atoms with van der Waals surface area (Å²) in [6.07, 6.45) is 10.0. The van der Waals surface area contributed by atoms with Crippen molar-refractivity contribution in [1.29, 1.82) is 0 Å². The molecule has 1 amide bonds. The molecule has 7 heteroatoms. The lowest BCUT2D eigenvalue weighted by molar-refractivity contribution is -0.147. The van der Waals surface area contributed by atoms with Gasteiger partial charge in [-0.2, -0.15) is 0 Å². The van der Waals surface area contributed by atoms with Gasteiger partial charge in [0, 0.05) is 43.4 Å². The number of aliphatic hydroxyl groups is 2. The first-order chi connectivity index (χ1) is 17.5. The van der Waals surface area contributed by atoms with E-state index in [2.05, 4.69) is 25.8 Å². The Balaban J connectivity index is 1.47. The molecule has 2 N–H and O–H groups in total. The van der Waals surface area contributed by atoms with E-state index in [9.17, 15) is 19.8 Å². The Kier molecular flexibility index (Phi) is 6.87. The lowest BCUT2D eigenvalue weighted by atomic mass is 9.46. The number of rotatable bonds is 6. The van der Waals surface area contributed by atoms with E-state index in [4.69, 9.17) is 4.74 Å². The number of carbonyl (C=O) groups is 2. The Morgan fingerprint density at radius 2 is 2.00 bits per heavy atom. The van der Waals surface area contributed by atoms with E-state index in [0.29, 0.717) is 25.8 Å². The molecular weight excluding hydrogens is 468 g/mol. The molecule has 0 aliphatic heterocycles. The van der Waals surface area contributed by atoms with E-state index in [-0.39, 0.29) is 47.5 Å². The van der Waals surface area contributed by atoms with Crippen molar-refractivity contribution < 1.29 is 24.5 Å². The Morgan fingerprint density at radius 3 is 2.70 bits per heavy atom. The van der Waals surface area contributed by atoms with E-state index in [1.165, 1.54) is 7.11 Å². The van der Waals surface area contributed by atoms with Crippen LogP contribution in [-0.2, 0) is 20.9 Å². The fourth-order valence-corrected chi connectivity index (χ4v) is 8.70. The lowest BCUT2D eigenvalue weighted by Gasteiger charge is -2.60. The van der Waals surface area contributed by atoms with Gasteiger partial charge in [-0.3, -0.25) is 14.6 Å². The summed E-state index contributed by atoms with van der Waals surface area (Å²) in [5, 5.41) is 22.8. The van der Waals surface area contributed by atoms with Gasteiger partial charge in [0.2, 0.25) is 5.91 Å². The third-order valence-corrected chi connectivity index (χ3v) is 10.9. The van der Waals surface area contributed by atoms with Crippen molar-refractivity contribution in [2.75, 3.05) is 13.7 Å². The van der Waals surface area contributed by atoms with E-state index >= 15 is 0 Å². The van der Waals surface area contributed by atoms with Crippen LogP contribution in [0.2, 0.25) is 0 Å². The van der Waals surface area contributed by atoms with Crippen molar-refractivity contribution >= 4 is 11.7 Å². The molecule has 1 aromatic heterocycles. The van der Waals surface area contributed by atoms with Gasteiger partial charge in [-0.05, 0) is 92.4 Å². The molecule has 5 rings (SSSR count). The first-order valence-corrected chi connectivity index (χ1v) is 13.9. The number of ether oxygens (including phenoxy) is 1. The van der Waals surface area contributed by atoms with Crippen LogP contribution >= 0.6 is 0 Å². The van der Waals surface area contributed by atoms with Gasteiger partial charge in [-0.15, -0.1) is 0 Å². The first-order valence-electron chi connectivity index (χ1n) is 13.9. The van der Waals surface area contributed by atoms with Gasteiger partial charge in [0.25, 0.3) is 0 Å². The van der Waals surface area contributed by atoms with Crippen molar-refractivity contribution in [2.24, 2.45) is 28.6 Å². The van der Waals surface area contributed by atoms with Crippen LogP contribution < -0.4 is 0 Å². The van der Waals surface area contributed by atoms with Crippen molar-refractivity contribution in [1.82, 2.24) is 9.88 Å². The minimum atomic E-state index is -1.07. The molecule has 7 nitrogen and oxygen atoms in total. The number of nitrogens with zero attached hydrogens (tertiary/aromatic N) is 2. The second-order valence-electron chi connectivity index (χ2n) is 12.6. The molecule has 8 atom stereocenters. The average molecular weight is 511 g/mol. The molecule has 0 aromatic carbocycles. The van der Waals surface area contributed by atoms with Gasteiger partial charge in [0.15, 0.2) is 5.78 Å². The number of hydrogen-bond acceptors (Lipinski definition) is 6. The SMILES string of the molecule is COCC(=O)N(Cc1cccnc1)C(C)C1CC[C@@]2(O)C3=CC(=O)C4CC(O)CCC4(C)C3CCC12C. The van der Waals surface area contributed by atoms with Crippen LogP contribution in [-0.4, -0.2) is 63.3 Å². The van der Waals surface area contributed by atoms with Gasteiger partial charge >= 0.3 is 0 Å². The second-order valence-corrected chi connectivity index (χ2v) is 12.6. The van der Waals surface area contributed by atoms with Crippen LogP contribution in [0.1, 0.15) is 71.3 Å². The molecule has 37 heavy (non-hydrogen) atoms. The molecule has 3 fully saturated rings. The quantitative estimate of drug-likeness (QED) is 0.606. The maximum absolute atomic E-state index is 13.4. The zero-order chi connectivity index (χ0) is 26.6. The summed E-state index contributed by atoms with van der Waals surface area (Å²) < 4.78 is 5.22. The lowest BCUT2D eigenvalue weighted by Crippen LogP contribution is -2.60. The standard InChI is InChI=1S/C30H42N2O5/c1-19(32(27(35)18-37-4)17-20-6-5-13-31-16-20)22-9-12-30(36)24-15-26(34)25-14-21(33)7-10-28(25,2)23(24)8-11-29(22,30)3/h5-6,13,15-16,19,21-23,25,33,36H,7-12,14,17-18H2,1-4H3/t19?,21?,22?,23?,25?,28?,29?,30-/m1/s1. The molecule has 3 saturated carbocycles. The zero-order valence-corrected chi connectivity index (χ0v) is 22.7. The minimum absolute atomic E-state index is 0.00558. The summed E-state index contributed by atoms with van der Waals surface area (Å²) in [6.45, 7) is 6.92. The number of aliphatic hydroxyl groups excluding tert-OH is 1. The number of methoxy groups -OCH3 is 1. The maximum Gasteiger partial charge on any atom is 0.249 e. The summed E-state index contributed by atoms with van der Waals surface area (Å²) in [5.41, 5.74) is 0.131. The molecule has 0 bridgehead atoms. The highest BCUT2D eigenvalue weighted by atomic mass is 16.5. The van der Waals surface area contributed by atoms with E-state index in [0.717, 1.165) is 36.8 Å². The van der Waals surface area contributed by atoms with Gasteiger partial charge in [0.1, 0.15) is 6.61 Å². The van der Waals surface area contributed by atoms with Crippen LogP contribution in [0.5, 0.6) is 0 Å². The van der Waals surface area contributed by atoms with E-state index in [1.807, 2.05) is 17.0 Å². The van der Waals surface area contributed by atoms with Crippen LogP contribution in [0.3, 0.4) is 0 Å². The molecule has 7 unspecified atom stereocenters. The summed E-state index contributed by atoms with van der Waals surface area (Å²) in [7, 11) is 1.53. The third-order valence-electron chi connectivity index (χ3n) is 10.9. The Bertz CT molecular complexity index is 1070. The normalized spacial score (nSPS) is 39.7. The summed E-state index contributed by atoms with van der Waals surface area (Å²) in [4.78, 5) is 32.7. The van der Waals surface area contributed by atoms with Crippen LogP contribution in [0.15, 0.2) is 36.2 Å². The van der Waals surface area contributed by atoms with Crippen LogP contribution in [0.25, 0.3) is 0 Å². The average Bonchev–Trinajstić information content (AvgIpc) is 3.15. The highest BCUT2D eigenvalue weighted by Gasteiger charge is 2.66. The number of hydrogen-bond donors (Lipinski definition) is 2. The van der Waals surface area contributed by atoms with Crippen molar-refractivity contribution in [3.05, 3.63) is 41.7 Å². The molecule has 4 aliphatic rings. The highest BCUT2D eigenvalue weighted by Crippen LogP contribution is 2.67. The van der Waals surface area contributed by atoms with E-state index in [1.54, 1.807) is 18.5 Å². The summed E-state index contributed by atoms with van der Waals surface area (Å²) >= 11 is 0. The number of fused-ring (bicyclic) bond motifs is 5. The number of amides is 1. The third kappa shape index (κ3) is 4.09. The number of allylic oxidation sites excluding steroid dienone is 1. The molecule has 0 spiro atoms. The van der Waals surface area contributed by atoms with Gasteiger partial charge < -0.3 is 19.8 Å². The fourth-order valence-electron chi connectivity index (χ4n) is 8.70. The van der Waals surface area contributed by atoms with Crippen molar-refractivity contribution in [3.63, 3.8) is 0 Å². The molecule has 202 valence electrons. The molecular formula is C30H42N2O5. The summed E-state index contributed by atoms with van der Waals surface area (Å²) in [6, 6.07) is 3.73. The zero-order valence-electron chi connectivity index (χ0n) is 22.7. The highest BCUT2D eigenvalue weighted by molar-refractivity contribution is 5.95. The van der Waals surface area contributed by atoms with Gasteiger partial charge in [0.05, 0.1) is 11.7 Å². The predicted octanol–water partition coefficient (Wildman–Crippen LogP) is 3.68. The van der Waals surface area contributed by atoms with Crippen molar-refractivity contribution in [3.8, 4) is 0 Å². The molecule has 1 aromatic rings. The molecule has 4 aliphatic carbocycles. The van der Waals surface area contributed by atoms with Crippen molar-refractivity contribution in [2.45, 2.75) is 90.0 Å². The maximum atomic E-state index is 13.4. The Morgan fingerprint density at radius 1 is 1.22 bits per heavy atom. The van der Waals surface area contributed by atoms with Crippen LogP contribution in [0.4, 0.5) is 0 Å². The first kappa shape index (κ1) is 26.5. The molecule has 0 radical (unpaired) electrons. The van der Waals surface area contributed by atoms with E-state index < -0.39 is 17.1 Å². The molecule has 0 saturated heterocycles. The largest absolute Gasteiger partial charge is 0.393 e. The smallest absolute Gasteiger partial charge is 0.249 e. The second kappa shape index (κ2) is 9.58. The summed E-state index contributed by atoms with van der Waals surface area (Å²) in [5.74, 6) is 0.0442. The van der Waals surface area contributed by atoms with Gasteiger partial charge in [-0.1, -0.05) is 19.9 Å². The van der Waals surface area contributed by atoms with Gasteiger partial charge in [-0.25, -0.2) is 0 Å². The number of ketones is 1.